The Hall–Kier alpha value is -1.07. The van der Waals surface area contributed by atoms with Crippen LogP contribution in [-0.4, -0.2) is 74.7 Å². The minimum absolute atomic E-state index is 0.530. The highest BCUT2D eigenvalue weighted by Gasteiger charge is 2.19. The summed E-state index contributed by atoms with van der Waals surface area (Å²) in [5, 5.41) is 7.00. The van der Waals surface area contributed by atoms with Crippen LogP contribution in [0.1, 0.15) is 46.5 Å². The van der Waals surface area contributed by atoms with E-state index in [1.54, 1.807) is 0 Å². The molecule has 0 spiro atoms. The number of likely N-dealkylation sites (N-methyl/N-ethyl adjacent to an activating group) is 1. The van der Waals surface area contributed by atoms with Crippen molar-refractivity contribution >= 4 is 5.96 Å². The molecule has 1 heterocycles. The molecule has 2 N–H and O–H groups in total. The van der Waals surface area contributed by atoms with E-state index in [1.807, 2.05) is 0 Å². The van der Waals surface area contributed by atoms with Crippen molar-refractivity contribution in [3.8, 4) is 0 Å². The third kappa shape index (κ3) is 9.28. The number of aliphatic imine (C=N–C) groups is 1. The second-order valence-electron chi connectivity index (χ2n) is 7.07. The van der Waals surface area contributed by atoms with Crippen LogP contribution in [0.5, 0.6) is 0 Å². The maximum atomic E-state index is 4.75. The summed E-state index contributed by atoms with van der Waals surface area (Å²) < 4.78 is 0. The second-order valence-corrected chi connectivity index (χ2v) is 7.07. The molecule has 1 saturated heterocycles. The summed E-state index contributed by atoms with van der Waals surface area (Å²) in [5.41, 5.74) is 1.25. The van der Waals surface area contributed by atoms with Gasteiger partial charge < -0.3 is 15.5 Å². The van der Waals surface area contributed by atoms with Crippen LogP contribution in [0.15, 0.2) is 17.1 Å². The van der Waals surface area contributed by atoms with E-state index in [1.165, 1.54) is 31.3 Å². The zero-order chi connectivity index (χ0) is 17.8. The molecule has 0 unspecified atom stereocenters. The highest BCUT2D eigenvalue weighted by atomic mass is 15.2. The fourth-order valence-corrected chi connectivity index (χ4v) is 3.00. The molecule has 1 rings (SSSR count). The zero-order valence-corrected chi connectivity index (χ0v) is 16.4. The Labute approximate surface area is 149 Å². The Bertz CT molecular complexity index is 372. The highest BCUT2D eigenvalue weighted by Crippen LogP contribution is 2.11. The summed E-state index contributed by atoms with van der Waals surface area (Å²) >= 11 is 0. The quantitative estimate of drug-likeness (QED) is 0.365. The van der Waals surface area contributed by atoms with Crippen molar-refractivity contribution in [3.05, 3.63) is 12.2 Å². The first-order valence-electron chi connectivity index (χ1n) is 9.65. The molecular weight excluding hydrogens is 298 g/mol. The predicted molar refractivity (Wildman–Crippen MR) is 106 cm³/mol. The fraction of sp³-hybridized carbons (Fsp3) is 0.842. The Morgan fingerprint density at radius 3 is 2.54 bits per heavy atom. The van der Waals surface area contributed by atoms with Crippen molar-refractivity contribution in [1.29, 1.82) is 0 Å². The number of nitrogens with zero attached hydrogens (tertiary/aromatic N) is 3. The van der Waals surface area contributed by atoms with Crippen LogP contribution in [0.2, 0.25) is 0 Å². The van der Waals surface area contributed by atoms with Gasteiger partial charge in [-0.05, 0) is 46.7 Å². The molecular formula is C19H39N5. The molecule has 0 amide bonds. The average Bonchev–Trinajstić information content (AvgIpc) is 2.54. The van der Waals surface area contributed by atoms with E-state index in [0.29, 0.717) is 6.04 Å². The van der Waals surface area contributed by atoms with Crippen molar-refractivity contribution < 1.29 is 0 Å². The molecule has 1 fully saturated rings. The predicted octanol–water partition coefficient (Wildman–Crippen LogP) is 2.31. The fourth-order valence-electron chi connectivity index (χ4n) is 3.00. The molecule has 1 aliphatic heterocycles. The SMILES string of the molecule is C=C(C)CN1CCC(NC(=NCCN(C)CCCC)NCC)CC1. The molecule has 5 heteroatoms. The van der Waals surface area contributed by atoms with Gasteiger partial charge in [-0.2, -0.15) is 0 Å². The number of unbranched alkanes of at least 4 members (excludes halogenated alkanes) is 1. The average molecular weight is 338 g/mol. The third-order valence-electron chi connectivity index (χ3n) is 4.41. The van der Waals surface area contributed by atoms with Crippen LogP contribution in [0, 0.1) is 0 Å². The van der Waals surface area contributed by atoms with Gasteiger partial charge in [0.25, 0.3) is 0 Å². The molecule has 24 heavy (non-hydrogen) atoms. The van der Waals surface area contributed by atoms with Crippen LogP contribution in [0.25, 0.3) is 0 Å². The van der Waals surface area contributed by atoms with E-state index in [2.05, 4.69) is 54.8 Å². The number of piperidine rings is 1. The van der Waals surface area contributed by atoms with Crippen molar-refractivity contribution in [2.75, 3.05) is 52.9 Å². The van der Waals surface area contributed by atoms with Crippen molar-refractivity contribution in [3.63, 3.8) is 0 Å². The molecule has 0 radical (unpaired) electrons. The van der Waals surface area contributed by atoms with E-state index in [9.17, 15) is 0 Å². The minimum atomic E-state index is 0.530. The maximum Gasteiger partial charge on any atom is 0.191 e. The van der Waals surface area contributed by atoms with Crippen LogP contribution in [0.3, 0.4) is 0 Å². The van der Waals surface area contributed by atoms with E-state index >= 15 is 0 Å². The number of hydrogen-bond acceptors (Lipinski definition) is 3. The maximum absolute atomic E-state index is 4.75. The lowest BCUT2D eigenvalue weighted by Crippen LogP contribution is -2.49. The standard InChI is InChI=1S/C19H39N5/c1-6-8-12-23(5)15-11-21-19(20-7-2)22-18-9-13-24(14-10-18)16-17(3)4/h18H,3,6-16H2,1-2,4-5H3,(H2,20,21,22). The molecule has 5 nitrogen and oxygen atoms in total. The molecule has 0 bridgehead atoms. The molecule has 0 aromatic heterocycles. The first-order chi connectivity index (χ1) is 11.5. The molecule has 0 aromatic rings. The van der Waals surface area contributed by atoms with Crippen LogP contribution >= 0.6 is 0 Å². The van der Waals surface area contributed by atoms with E-state index in [4.69, 9.17) is 4.99 Å². The lowest BCUT2D eigenvalue weighted by atomic mass is 10.0. The van der Waals surface area contributed by atoms with E-state index < -0.39 is 0 Å². The number of likely N-dealkylation sites (tertiary alicyclic amines) is 1. The number of rotatable bonds is 10. The van der Waals surface area contributed by atoms with Gasteiger partial charge in [0.2, 0.25) is 0 Å². The first-order valence-corrected chi connectivity index (χ1v) is 9.65. The van der Waals surface area contributed by atoms with Gasteiger partial charge in [0, 0.05) is 38.8 Å². The van der Waals surface area contributed by atoms with E-state index in [-0.39, 0.29) is 0 Å². The molecule has 1 aliphatic rings. The molecule has 0 aliphatic carbocycles. The van der Waals surface area contributed by atoms with Gasteiger partial charge in [-0.25, -0.2) is 0 Å². The number of guanidine groups is 1. The van der Waals surface area contributed by atoms with Crippen molar-refractivity contribution in [1.82, 2.24) is 20.4 Å². The topological polar surface area (TPSA) is 42.9 Å². The number of hydrogen-bond donors (Lipinski definition) is 2. The third-order valence-corrected chi connectivity index (χ3v) is 4.41. The Morgan fingerprint density at radius 1 is 1.25 bits per heavy atom. The minimum Gasteiger partial charge on any atom is -0.357 e. The van der Waals surface area contributed by atoms with Gasteiger partial charge in [-0.1, -0.05) is 25.5 Å². The van der Waals surface area contributed by atoms with Crippen LogP contribution in [0.4, 0.5) is 0 Å². The molecule has 0 atom stereocenters. The Balaban J connectivity index is 2.34. The van der Waals surface area contributed by atoms with Gasteiger partial charge >= 0.3 is 0 Å². The second kappa shape index (κ2) is 12.3. The first kappa shape index (κ1) is 21.0. The molecule has 0 aromatic carbocycles. The monoisotopic (exact) mass is 337 g/mol. The van der Waals surface area contributed by atoms with Gasteiger partial charge in [-0.15, -0.1) is 0 Å². The zero-order valence-electron chi connectivity index (χ0n) is 16.4. The normalized spacial score (nSPS) is 17.3. The van der Waals surface area contributed by atoms with Gasteiger partial charge in [-0.3, -0.25) is 9.89 Å². The summed E-state index contributed by atoms with van der Waals surface area (Å²) in [6, 6.07) is 0.530. The summed E-state index contributed by atoms with van der Waals surface area (Å²) in [6.45, 7) is 17.8. The van der Waals surface area contributed by atoms with Crippen LogP contribution < -0.4 is 10.6 Å². The summed E-state index contributed by atoms with van der Waals surface area (Å²) in [7, 11) is 2.18. The largest absolute Gasteiger partial charge is 0.357 e. The van der Waals surface area contributed by atoms with E-state index in [0.717, 1.165) is 51.8 Å². The number of nitrogens with one attached hydrogen (secondary N) is 2. The summed E-state index contributed by atoms with van der Waals surface area (Å²) in [6.07, 6.45) is 4.87. The highest BCUT2D eigenvalue weighted by molar-refractivity contribution is 5.80. The molecule has 140 valence electrons. The Kier molecular flexibility index (Phi) is 10.8. The lowest BCUT2D eigenvalue weighted by Gasteiger charge is -2.33. The lowest BCUT2D eigenvalue weighted by molar-refractivity contribution is 0.221. The smallest absolute Gasteiger partial charge is 0.191 e. The van der Waals surface area contributed by atoms with Crippen molar-refractivity contribution in [2.24, 2.45) is 4.99 Å². The summed E-state index contributed by atoms with van der Waals surface area (Å²) in [4.78, 5) is 9.61. The summed E-state index contributed by atoms with van der Waals surface area (Å²) in [5.74, 6) is 0.972. The van der Waals surface area contributed by atoms with Gasteiger partial charge in [0.05, 0.1) is 6.54 Å². The Morgan fingerprint density at radius 2 is 1.96 bits per heavy atom. The molecule has 0 saturated carbocycles. The van der Waals surface area contributed by atoms with Gasteiger partial charge in [0.15, 0.2) is 5.96 Å². The van der Waals surface area contributed by atoms with Gasteiger partial charge in [0.1, 0.15) is 0 Å². The van der Waals surface area contributed by atoms with Crippen LogP contribution in [-0.2, 0) is 0 Å². The van der Waals surface area contributed by atoms with Crippen molar-refractivity contribution in [2.45, 2.75) is 52.5 Å².